The third-order valence-electron chi connectivity index (χ3n) is 4.44. The molecule has 4 rings (SSSR count). The fourth-order valence-electron chi connectivity index (χ4n) is 3.34. The number of hydrogen-bond acceptors (Lipinski definition) is 4. The monoisotopic (exact) mass is 327 g/mol. The lowest BCUT2D eigenvalue weighted by molar-refractivity contribution is -0.119. The van der Waals surface area contributed by atoms with E-state index in [2.05, 4.69) is 11.1 Å². The number of aromatic nitrogens is 2. The average molecular weight is 327 g/mol. The molecule has 0 saturated heterocycles. The van der Waals surface area contributed by atoms with Crippen molar-refractivity contribution in [2.24, 2.45) is 0 Å². The molecule has 0 radical (unpaired) electrons. The van der Waals surface area contributed by atoms with Gasteiger partial charge in [0.1, 0.15) is 0 Å². The molecule has 1 aromatic heterocycles. The topological polar surface area (TPSA) is 55.2 Å². The van der Waals surface area contributed by atoms with Crippen molar-refractivity contribution in [2.75, 3.05) is 17.2 Å². The number of nitrogens with zero attached hydrogens (tertiary/aromatic N) is 3. The largest absolute Gasteiger partial charge is 0.312 e. The van der Waals surface area contributed by atoms with Crippen LogP contribution in [0.15, 0.2) is 46.5 Å². The summed E-state index contributed by atoms with van der Waals surface area (Å²) in [5.74, 6) is 0.819. The molecule has 0 unspecified atom stereocenters. The number of thioether (sulfide) groups is 1. The molecule has 2 aromatic rings. The Morgan fingerprint density at radius 1 is 1.30 bits per heavy atom. The highest BCUT2D eigenvalue weighted by Gasteiger charge is 2.30. The fraction of sp³-hybridized carbons (Fsp3) is 0.353. The average Bonchev–Trinajstić information content (AvgIpc) is 2.98. The fourth-order valence-corrected chi connectivity index (χ4v) is 4.47. The van der Waals surface area contributed by atoms with Crippen LogP contribution >= 0.6 is 11.8 Å². The molecular formula is C17H17N3O2S. The van der Waals surface area contributed by atoms with E-state index in [0.29, 0.717) is 11.6 Å². The lowest BCUT2D eigenvalue weighted by Crippen LogP contribution is -2.37. The zero-order chi connectivity index (χ0) is 15.8. The molecule has 3 heterocycles. The van der Waals surface area contributed by atoms with E-state index in [4.69, 9.17) is 0 Å². The number of rotatable bonds is 2. The first kappa shape index (κ1) is 14.5. The first-order valence-corrected chi connectivity index (χ1v) is 8.81. The van der Waals surface area contributed by atoms with Crippen molar-refractivity contribution in [3.05, 3.63) is 52.4 Å². The molecule has 0 bridgehead atoms. The molecule has 0 fully saturated rings. The number of fused-ring (bicyclic) bond motifs is 2. The number of carbonyl (C=O) groups excluding carboxylic acids is 1. The number of carbonyl (C=O) groups is 1. The Hall–Kier alpha value is -2.08. The summed E-state index contributed by atoms with van der Waals surface area (Å²) in [5, 5.41) is 0.717. The van der Waals surface area contributed by atoms with E-state index in [0.717, 1.165) is 30.8 Å². The van der Waals surface area contributed by atoms with Crippen LogP contribution in [-0.2, 0) is 11.2 Å². The van der Waals surface area contributed by atoms with Gasteiger partial charge < -0.3 is 4.90 Å². The van der Waals surface area contributed by atoms with Crippen molar-refractivity contribution in [3.8, 4) is 0 Å². The summed E-state index contributed by atoms with van der Waals surface area (Å²) in [4.78, 5) is 31.0. The second-order valence-electron chi connectivity index (χ2n) is 5.88. The van der Waals surface area contributed by atoms with E-state index in [1.54, 1.807) is 16.3 Å². The van der Waals surface area contributed by atoms with Gasteiger partial charge in [-0.1, -0.05) is 30.0 Å². The van der Waals surface area contributed by atoms with E-state index in [1.807, 2.05) is 23.1 Å². The molecule has 23 heavy (non-hydrogen) atoms. The van der Waals surface area contributed by atoms with E-state index in [1.165, 1.54) is 17.8 Å². The lowest BCUT2D eigenvalue weighted by Gasteiger charge is -2.30. The second-order valence-corrected chi connectivity index (χ2v) is 6.87. The van der Waals surface area contributed by atoms with Crippen LogP contribution in [0.25, 0.3) is 0 Å². The molecule has 1 amide bonds. The standard InChI is InChI=1S/C17H17N3O2S/c21-15-7-8-18-17-20(15)13(11-23-17)10-16(22)19-9-3-5-12-4-1-2-6-14(12)19/h1-2,4,6-8,13H,3,5,9-11H2/t13-/m0/s1. The van der Waals surface area contributed by atoms with E-state index >= 15 is 0 Å². The van der Waals surface area contributed by atoms with Gasteiger partial charge in [-0.2, -0.15) is 0 Å². The Morgan fingerprint density at radius 3 is 3.09 bits per heavy atom. The second kappa shape index (κ2) is 5.85. The number of anilines is 1. The van der Waals surface area contributed by atoms with Gasteiger partial charge in [-0.05, 0) is 24.5 Å². The van der Waals surface area contributed by atoms with Gasteiger partial charge >= 0.3 is 0 Å². The summed E-state index contributed by atoms with van der Waals surface area (Å²) in [6, 6.07) is 9.45. The van der Waals surface area contributed by atoms with Crippen molar-refractivity contribution in [3.63, 3.8) is 0 Å². The predicted octanol–water partition coefficient (Wildman–Crippen LogP) is 2.26. The van der Waals surface area contributed by atoms with Gasteiger partial charge in [0, 0.05) is 36.7 Å². The van der Waals surface area contributed by atoms with Gasteiger partial charge in [0.2, 0.25) is 5.91 Å². The van der Waals surface area contributed by atoms with Crippen LogP contribution in [0.2, 0.25) is 0 Å². The maximum Gasteiger partial charge on any atom is 0.254 e. The van der Waals surface area contributed by atoms with Crippen molar-refractivity contribution in [1.82, 2.24) is 9.55 Å². The maximum atomic E-state index is 12.8. The lowest BCUT2D eigenvalue weighted by atomic mass is 10.0. The maximum absolute atomic E-state index is 12.8. The van der Waals surface area contributed by atoms with E-state index in [9.17, 15) is 9.59 Å². The first-order valence-electron chi connectivity index (χ1n) is 7.82. The van der Waals surface area contributed by atoms with Crippen LogP contribution in [0.1, 0.15) is 24.4 Å². The molecule has 2 aliphatic heterocycles. The molecule has 0 aliphatic carbocycles. The molecule has 6 heteroatoms. The minimum atomic E-state index is -0.0993. The van der Waals surface area contributed by atoms with Crippen molar-refractivity contribution in [2.45, 2.75) is 30.5 Å². The zero-order valence-corrected chi connectivity index (χ0v) is 13.5. The van der Waals surface area contributed by atoms with Crippen molar-refractivity contribution in [1.29, 1.82) is 0 Å². The Balaban J connectivity index is 1.58. The summed E-state index contributed by atoms with van der Waals surface area (Å²) < 4.78 is 1.67. The smallest absolute Gasteiger partial charge is 0.254 e. The van der Waals surface area contributed by atoms with Crippen LogP contribution in [-0.4, -0.2) is 27.8 Å². The number of aryl methyl sites for hydroxylation is 1. The molecule has 5 nitrogen and oxygen atoms in total. The molecule has 0 saturated carbocycles. The van der Waals surface area contributed by atoms with Gasteiger partial charge in [0.15, 0.2) is 5.16 Å². The number of benzene rings is 1. The summed E-state index contributed by atoms with van der Waals surface area (Å²) in [5.41, 5.74) is 2.18. The Kier molecular flexibility index (Phi) is 3.69. The molecule has 118 valence electrons. The summed E-state index contributed by atoms with van der Waals surface area (Å²) >= 11 is 1.55. The van der Waals surface area contributed by atoms with Crippen LogP contribution in [0, 0.1) is 0 Å². The SMILES string of the molecule is O=C(C[C@H]1CSc2nccc(=O)n21)N1CCCc2ccccc21. The van der Waals surface area contributed by atoms with Gasteiger partial charge in [-0.25, -0.2) is 4.98 Å². The summed E-state index contributed by atoms with van der Waals surface area (Å²) in [7, 11) is 0. The molecule has 0 N–H and O–H groups in total. The van der Waals surface area contributed by atoms with Crippen molar-refractivity contribution >= 4 is 23.4 Å². The number of amides is 1. The summed E-state index contributed by atoms with van der Waals surface area (Å²) in [6.07, 6.45) is 3.89. The quantitative estimate of drug-likeness (QED) is 0.794. The van der Waals surface area contributed by atoms with Crippen molar-refractivity contribution < 1.29 is 4.79 Å². The normalized spacial score (nSPS) is 19.3. The van der Waals surface area contributed by atoms with Gasteiger partial charge in [0.25, 0.3) is 5.56 Å². The minimum Gasteiger partial charge on any atom is -0.312 e. The number of para-hydroxylation sites is 1. The highest BCUT2D eigenvalue weighted by Crippen LogP contribution is 2.33. The first-order chi connectivity index (χ1) is 11.2. The Bertz CT molecular complexity index is 817. The predicted molar refractivity (Wildman–Crippen MR) is 90.0 cm³/mol. The highest BCUT2D eigenvalue weighted by molar-refractivity contribution is 7.99. The molecule has 1 atom stereocenters. The molecule has 1 aromatic carbocycles. The van der Waals surface area contributed by atoms with E-state index < -0.39 is 0 Å². The van der Waals surface area contributed by atoms with Gasteiger partial charge in [-0.15, -0.1) is 0 Å². The van der Waals surface area contributed by atoms with E-state index in [-0.39, 0.29) is 17.5 Å². The highest BCUT2D eigenvalue weighted by atomic mass is 32.2. The van der Waals surface area contributed by atoms with Crippen LogP contribution in [0.5, 0.6) is 0 Å². The third-order valence-corrected chi connectivity index (χ3v) is 5.55. The molecular weight excluding hydrogens is 310 g/mol. The summed E-state index contributed by atoms with van der Waals surface area (Å²) in [6.45, 7) is 0.754. The van der Waals surface area contributed by atoms with Crippen LogP contribution in [0.4, 0.5) is 5.69 Å². The Morgan fingerprint density at radius 2 is 2.17 bits per heavy atom. The van der Waals surface area contributed by atoms with Gasteiger partial charge in [-0.3, -0.25) is 14.2 Å². The van der Waals surface area contributed by atoms with Crippen LogP contribution < -0.4 is 10.5 Å². The third kappa shape index (κ3) is 2.57. The van der Waals surface area contributed by atoms with Crippen LogP contribution in [0.3, 0.4) is 0 Å². The minimum absolute atomic E-state index is 0.0724. The Labute approximate surface area is 138 Å². The molecule has 0 spiro atoms. The van der Waals surface area contributed by atoms with Gasteiger partial charge in [0.05, 0.1) is 6.04 Å². The number of hydrogen-bond donors (Lipinski definition) is 0. The zero-order valence-electron chi connectivity index (χ0n) is 12.6. The molecule has 2 aliphatic rings.